The largest absolute Gasteiger partial charge is 0.479 e. The van der Waals surface area contributed by atoms with Crippen LogP contribution in [-0.4, -0.2) is 30.2 Å². The summed E-state index contributed by atoms with van der Waals surface area (Å²) in [6.07, 6.45) is 4.28. The Morgan fingerprint density at radius 1 is 1.23 bits per heavy atom. The number of carbonyl (C=O) groups is 2. The molecule has 1 amide bonds. The van der Waals surface area contributed by atoms with Gasteiger partial charge in [-0.25, -0.2) is 4.79 Å². The molecule has 5 nitrogen and oxygen atoms in total. The van der Waals surface area contributed by atoms with Crippen molar-refractivity contribution in [1.82, 2.24) is 5.32 Å². The van der Waals surface area contributed by atoms with Gasteiger partial charge in [-0.15, -0.1) is 0 Å². The van der Waals surface area contributed by atoms with E-state index in [-0.39, 0.29) is 5.91 Å². The Morgan fingerprint density at radius 3 is 2.55 bits per heavy atom. The van der Waals surface area contributed by atoms with Crippen LogP contribution in [0.4, 0.5) is 0 Å². The number of aliphatic carboxylic acids is 1. The first-order chi connectivity index (χ1) is 10.7. The van der Waals surface area contributed by atoms with Crippen LogP contribution in [0, 0.1) is 5.92 Å². The van der Waals surface area contributed by atoms with Gasteiger partial charge in [0.1, 0.15) is 0 Å². The van der Waals surface area contributed by atoms with Gasteiger partial charge in [0, 0.05) is 19.6 Å². The number of carbonyl (C=O) groups excluding carboxylic acids is 1. The Balaban J connectivity index is 1.77. The summed E-state index contributed by atoms with van der Waals surface area (Å²) in [5, 5.41) is 11.9. The van der Waals surface area contributed by atoms with Crippen molar-refractivity contribution in [1.29, 1.82) is 0 Å². The normalized spacial score (nSPS) is 16.9. The molecule has 0 aliphatic carbocycles. The van der Waals surface area contributed by atoms with Crippen molar-refractivity contribution < 1.29 is 19.4 Å². The van der Waals surface area contributed by atoms with E-state index in [1.165, 1.54) is 0 Å². The molecule has 22 heavy (non-hydrogen) atoms. The smallest absolute Gasteiger partial charge is 0.330 e. The molecule has 0 bridgehead atoms. The standard InChI is InChI=1S/C17H23NO4/c19-15(8-4-5-13-9-11-22-12-10-13)18-16(17(20)21)14-6-2-1-3-7-14/h1-3,6-7,13,16H,4-5,8-12H2,(H,18,19)(H,20,21). The van der Waals surface area contributed by atoms with E-state index >= 15 is 0 Å². The number of nitrogens with one attached hydrogen (secondary N) is 1. The van der Waals surface area contributed by atoms with Crippen LogP contribution in [0.25, 0.3) is 0 Å². The number of amides is 1. The van der Waals surface area contributed by atoms with Crippen molar-refractivity contribution in [2.75, 3.05) is 13.2 Å². The van der Waals surface area contributed by atoms with Crippen molar-refractivity contribution in [3.8, 4) is 0 Å². The maximum Gasteiger partial charge on any atom is 0.330 e. The van der Waals surface area contributed by atoms with E-state index < -0.39 is 12.0 Å². The molecular formula is C17H23NO4. The predicted molar refractivity (Wildman–Crippen MR) is 82.4 cm³/mol. The summed E-state index contributed by atoms with van der Waals surface area (Å²) in [7, 11) is 0. The molecule has 0 aromatic heterocycles. The van der Waals surface area contributed by atoms with E-state index in [0.717, 1.165) is 38.9 Å². The highest BCUT2D eigenvalue weighted by molar-refractivity contribution is 5.84. The van der Waals surface area contributed by atoms with Gasteiger partial charge in [0.05, 0.1) is 0 Å². The van der Waals surface area contributed by atoms with Crippen LogP contribution in [-0.2, 0) is 14.3 Å². The van der Waals surface area contributed by atoms with Gasteiger partial charge in [0.25, 0.3) is 0 Å². The topological polar surface area (TPSA) is 75.6 Å². The van der Waals surface area contributed by atoms with Gasteiger partial charge >= 0.3 is 5.97 Å². The summed E-state index contributed by atoms with van der Waals surface area (Å²) < 4.78 is 5.31. The second kappa shape index (κ2) is 8.54. The monoisotopic (exact) mass is 305 g/mol. The number of hydrogen-bond donors (Lipinski definition) is 2. The van der Waals surface area contributed by atoms with Gasteiger partial charge in [-0.05, 0) is 37.2 Å². The maximum absolute atomic E-state index is 12.0. The molecule has 0 radical (unpaired) electrons. The lowest BCUT2D eigenvalue weighted by molar-refractivity contribution is -0.142. The molecule has 1 aromatic rings. The van der Waals surface area contributed by atoms with Crippen LogP contribution < -0.4 is 5.32 Å². The van der Waals surface area contributed by atoms with Crippen LogP contribution >= 0.6 is 0 Å². The van der Waals surface area contributed by atoms with Crippen molar-refractivity contribution in [3.63, 3.8) is 0 Å². The first-order valence-corrected chi connectivity index (χ1v) is 7.81. The number of rotatable bonds is 7. The fraction of sp³-hybridized carbons (Fsp3) is 0.529. The zero-order valence-corrected chi connectivity index (χ0v) is 12.7. The highest BCUT2D eigenvalue weighted by atomic mass is 16.5. The van der Waals surface area contributed by atoms with Crippen molar-refractivity contribution in [2.24, 2.45) is 5.92 Å². The fourth-order valence-corrected chi connectivity index (χ4v) is 2.75. The zero-order valence-electron chi connectivity index (χ0n) is 12.7. The molecule has 1 aliphatic rings. The molecule has 2 N–H and O–H groups in total. The minimum Gasteiger partial charge on any atom is -0.479 e. The summed E-state index contributed by atoms with van der Waals surface area (Å²) in [5.74, 6) is -0.613. The van der Waals surface area contributed by atoms with Crippen LogP contribution in [0.15, 0.2) is 30.3 Å². The van der Waals surface area contributed by atoms with Crippen molar-refractivity contribution in [3.05, 3.63) is 35.9 Å². The Labute approximate surface area is 130 Å². The van der Waals surface area contributed by atoms with Crippen LogP contribution in [0.1, 0.15) is 43.7 Å². The van der Waals surface area contributed by atoms with Crippen LogP contribution in [0.3, 0.4) is 0 Å². The molecule has 1 unspecified atom stereocenters. The van der Waals surface area contributed by atoms with E-state index in [4.69, 9.17) is 4.74 Å². The van der Waals surface area contributed by atoms with Gasteiger partial charge in [-0.1, -0.05) is 30.3 Å². The predicted octanol–water partition coefficient (Wildman–Crippen LogP) is 2.53. The average molecular weight is 305 g/mol. The molecule has 5 heteroatoms. The summed E-state index contributed by atoms with van der Waals surface area (Å²) in [6, 6.07) is 7.79. The molecule has 2 rings (SSSR count). The number of carboxylic acids is 1. The lowest BCUT2D eigenvalue weighted by Crippen LogP contribution is -2.33. The summed E-state index contributed by atoms with van der Waals surface area (Å²) >= 11 is 0. The van der Waals surface area contributed by atoms with Crippen LogP contribution in [0.5, 0.6) is 0 Å². The molecule has 1 atom stereocenters. The SMILES string of the molecule is O=C(CCCC1CCOCC1)NC(C(=O)O)c1ccccc1. The van der Waals surface area contributed by atoms with Gasteiger partial charge in [-0.2, -0.15) is 0 Å². The minimum atomic E-state index is -1.04. The van der Waals surface area contributed by atoms with Gasteiger partial charge in [0.15, 0.2) is 6.04 Å². The van der Waals surface area contributed by atoms with Crippen molar-refractivity contribution in [2.45, 2.75) is 38.1 Å². The Bertz CT molecular complexity index is 483. The third-order valence-corrected chi connectivity index (χ3v) is 4.04. The van der Waals surface area contributed by atoms with Crippen LogP contribution in [0.2, 0.25) is 0 Å². The number of ether oxygens (including phenoxy) is 1. The molecule has 1 heterocycles. The number of hydrogen-bond acceptors (Lipinski definition) is 3. The minimum absolute atomic E-state index is 0.205. The maximum atomic E-state index is 12.0. The molecule has 120 valence electrons. The lowest BCUT2D eigenvalue weighted by Gasteiger charge is -2.21. The second-order valence-corrected chi connectivity index (χ2v) is 5.70. The summed E-state index contributed by atoms with van der Waals surface area (Å²) in [6.45, 7) is 1.62. The zero-order chi connectivity index (χ0) is 15.8. The molecule has 1 saturated heterocycles. The van der Waals surface area contributed by atoms with Gasteiger partial charge in [0.2, 0.25) is 5.91 Å². The molecular weight excluding hydrogens is 282 g/mol. The Kier molecular flexibility index (Phi) is 6.40. The van der Waals surface area contributed by atoms with E-state index in [2.05, 4.69) is 5.32 Å². The third-order valence-electron chi connectivity index (χ3n) is 4.04. The first kappa shape index (κ1) is 16.5. The first-order valence-electron chi connectivity index (χ1n) is 7.81. The molecule has 0 spiro atoms. The average Bonchev–Trinajstić information content (AvgIpc) is 2.54. The Morgan fingerprint density at radius 2 is 1.91 bits per heavy atom. The molecule has 0 saturated carbocycles. The second-order valence-electron chi connectivity index (χ2n) is 5.70. The fourth-order valence-electron chi connectivity index (χ4n) is 2.75. The third kappa shape index (κ3) is 5.15. The van der Waals surface area contributed by atoms with Gasteiger partial charge in [-0.3, -0.25) is 4.79 Å². The van der Waals surface area contributed by atoms with E-state index in [1.54, 1.807) is 24.3 Å². The highest BCUT2D eigenvalue weighted by Crippen LogP contribution is 2.21. The quantitative estimate of drug-likeness (QED) is 0.811. The van der Waals surface area contributed by atoms with Gasteiger partial charge < -0.3 is 15.2 Å². The molecule has 1 fully saturated rings. The summed E-state index contributed by atoms with van der Waals surface area (Å²) in [5.41, 5.74) is 0.591. The summed E-state index contributed by atoms with van der Waals surface area (Å²) in [4.78, 5) is 23.3. The number of carboxylic acid groups (broad SMARTS) is 1. The van der Waals surface area contributed by atoms with E-state index in [0.29, 0.717) is 17.9 Å². The Hall–Kier alpha value is -1.88. The van der Waals surface area contributed by atoms with E-state index in [9.17, 15) is 14.7 Å². The lowest BCUT2D eigenvalue weighted by atomic mass is 9.94. The van der Waals surface area contributed by atoms with E-state index in [1.807, 2.05) is 6.07 Å². The number of benzene rings is 1. The highest BCUT2D eigenvalue weighted by Gasteiger charge is 2.21. The molecule has 1 aliphatic heterocycles. The van der Waals surface area contributed by atoms with Crippen molar-refractivity contribution >= 4 is 11.9 Å². The molecule has 1 aromatic carbocycles.